The predicted molar refractivity (Wildman–Crippen MR) is 51.0 cm³/mol. The highest BCUT2D eigenvalue weighted by molar-refractivity contribution is 7.79. The third-order valence-corrected chi connectivity index (χ3v) is 1.16. The molecule has 0 bridgehead atoms. The smallest absolute Gasteiger partial charge is 0.394 e. The topological polar surface area (TPSA) is 121 Å². The number of hydrogen-bond donors (Lipinski definition) is 4. The Morgan fingerprint density at radius 1 is 1.14 bits per heavy atom. The van der Waals surface area contributed by atoms with E-state index < -0.39 is 10.4 Å². The van der Waals surface area contributed by atoms with Crippen LogP contribution < -0.4 is 5.73 Å². The summed E-state index contributed by atoms with van der Waals surface area (Å²) in [5, 5.41) is 8.59. The van der Waals surface area contributed by atoms with E-state index >= 15 is 0 Å². The van der Waals surface area contributed by atoms with E-state index in [-0.39, 0.29) is 6.61 Å². The molecule has 5 N–H and O–H groups in total. The Kier molecular flexibility index (Phi) is 5.10. The lowest BCUT2D eigenvalue weighted by atomic mass is 10.2. The molecule has 0 atom stereocenters. The maximum Gasteiger partial charge on any atom is 0.394 e. The van der Waals surface area contributed by atoms with Gasteiger partial charge in [-0.05, 0) is 17.7 Å². The molecular formula is C7H11NO5S. The zero-order chi connectivity index (χ0) is 11.2. The van der Waals surface area contributed by atoms with E-state index in [0.29, 0.717) is 0 Å². The summed E-state index contributed by atoms with van der Waals surface area (Å²) >= 11 is 0. The summed E-state index contributed by atoms with van der Waals surface area (Å²) < 4.78 is 31.6. The van der Waals surface area contributed by atoms with Crippen molar-refractivity contribution in [3.63, 3.8) is 0 Å². The third-order valence-electron chi connectivity index (χ3n) is 1.16. The summed E-state index contributed by atoms with van der Waals surface area (Å²) in [4.78, 5) is 0. The molecule has 0 radical (unpaired) electrons. The summed E-state index contributed by atoms with van der Waals surface area (Å²) in [5.41, 5.74) is 7.02. The molecule has 0 amide bonds. The molecule has 7 heteroatoms. The zero-order valence-corrected chi connectivity index (χ0v) is 7.98. The highest BCUT2D eigenvalue weighted by Gasteiger charge is 1.86. The average molecular weight is 221 g/mol. The number of benzene rings is 1. The minimum atomic E-state index is -4.67. The van der Waals surface area contributed by atoms with Crippen LogP contribution in [0.5, 0.6) is 0 Å². The first kappa shape index (κ1) is 12.8. The van der Waals surface area contributed by atoms with Crippen LogP contribution in [0.25, 0.3) is 0 Å². The predicted octanol–water partition coefficient (Wildman–Crippen LogP) is 0.108. The lowest BCUT2D eigenvalue weighted by Crippen LogP contribution is -1.89. The van der Waals surface area contributed by atoms with Crippen molar-refractivity contribution >= 4 is 16.1 Å². The summed E-state index contributed by atoms with van der Waals surface area (Å²) in [6.45, 7) is 0.0836. The van der Waals surface area contributed by atoms with E-state index in [1.165, 1.54) is 0 Å². The molecule has 0 fully saturated rings. The summed E-state index contributed by atoms with van der Waals surface area (Å²) in [6.07, 6.45) is 0. The van der Waals surface area contributed by atoms with E-state index in [1.54, 1.807) is 24.3 Å². The van der Waals surface area contributed by atoms with Gasteiger partial charge in [-0.15, -0.1) is 0 Å². The SMILES string of the molecule is Nc1ccc(CO)cc1.O=S(=O)(O)O. The lowest BCUT2D eigenvalue weighted by Gasteiger charge is -1.94. The van der Waals surface area contributed by atoms with E-state index in [9.17, 15) is 0 Å². The first-order chi connectivity index (χ1) is 6.33. The van der Waals surface area contributed by atoms with Crippen molar-refractivity contribution in [2.75, 3.05) is 5.73 Å². The highest BCUT2D eigenvalue weighted by Crippen LogP contribution is 2.03. The molecule has 0 aromatic heterocycles. The van der Waals surface area contributed by atoms with Crippen molar-refractivity contribution in [2.45, 2.75) is 6.61 Å². The van der Waals surface area contributed by atoms with Crippen molar-refractivity contribution < 1.29 is 22.6 Å². The van der Waals surface area contributed by atoms with Crippen LogP contribution in [0.2, 0.25) is 0 Å². The maximum absolute atomic E-state index is 8.74. The van der Waals surface area contributed by atoms with E-state index in [0.717, 1.165) is 11.3 Å². The lowest BCUT2D eigenvalue weighted by molar-refractivity contribution is 0.282. The Bertz CT molecular complexity index is 350. The average Bonchev–Trinajstić information content (AvgIpc) is 2.03. The molecule has 0 spiro atoms. The van der Waals surface area contributed by atoms with Crippen LogP contribution in [-0.4, -0.2) is 22.6 Å². The van der Waals surface area contributed by atoms with Gasteiger partial charge in [0.25, 0.3) is 0 Å². The van der Waals surface area contributed by atoms with Crippen molar-refractivity contribution in [1.82, 2.24) is 0 Å². The van der Waals surface area contributed by atoms with Gasteiger partial charge in [-0.25, -0.2) is 0 Å². The largest absolute Gasteiger partial charge is 0.399 e. The van der Waals surface area contributed by atoms with Crippen LogP contribution >= 0.6 is 0 Å². The van der Waals surface area contributed by atoms with Crippen molar-refractivity contribution in [1.29, 1.82) is 0 Å². The Balaban J connectivity index is 0.000000292. The van der Waals surface area contributed by atoms with Gasteiger partial charge >= 0.3 is 10.4 Å². The maximum atomic E-state index is 8.74. The number of aliphatic hydroxyl groups excluding tert-OH is 1. The minimum absolute atomic E-state index is 0.0836. The summed E-state index contributed by atoms with van der Waals surface area (Å²) in [7, 11) is -4.67. The molecule has 6 nitrogen and oxygen atoms in total. The van der Waals surface area contributed by atoms with Gasteiger partial charge < -0.3 is 10.8 Å². The van der Waals surface area contributed by atoms with Crippen molar-refractivity contribution in [2.24, 2.45) is 0 Å². The quantitative estimate of drug-likeness (QED) is 0.394. The normalized spacial score (nSPS) is 10.2. The van der Waals surface area contributed by atoms with Gasteiger partial charge in [0, 0.05) is 5.69 Å². The monoisotopic (exact) mass is 221 g/mol. The number of nitrogen functional groups attached to an aromatic ring is 1. The molecule has 0 aliphatic rings. The molecule has 0 unspecified atom stereocenters. The fourth-order valence-electron chi connectivity index (χ4n) is 0.623. The fourth-order valence-corrected chi connectivity index (χ4v) is 0.623. The van der Waals surface area contributed by atoms with Crippen LogP contribution in [0.15, 0.2) is 24.3 Å². The third kappa shape index (κ3) is 8.94. The molecule has 0 aliphatic carbocycles. The minimum Gasteiger partial charge on any atom is -0.399 e. The van der Waals surface area contributed by atoms with Crippen LogP contribution in [-0.2, 0) is 17.0 Å². The molecule has 0 saturated carbocycles. The van der Waals surface area contributed by atoms with Gasteiger partial charge in [-0.3, -0.25) is 9.11 Å². The number of anilines is 1. The van der Waals surface area contributed by atoms with E-state index in [1.807, 2.05) is 0 Å². The standard InChI is InChI=1S/C7H9NO.H2O4S/c8-7-3-1-6(5-9)2-4-7;1-5(2,3)4/h1-4,9H,5,8H2;(H2,1,2,3,4). The first-order valence-corrected chi connectivity index (χ1v) is 4.88. The van der Waals surface area contributed by atoms with Gasteiger partial charge in [-0.2, -0.15) is 8.42 Å². The van der Waals surface area contributed by atoms with E-state index in [4.69, 9.17) is 28.4 Å². The van der Waals surface area contributed by atoms with Crippen LogP contribution in [0.3, 0.4) is 0 Å². The van der Waals surface area contributed by atoms with Crippen LogP contribution in [0, 0.1) is 0 Å². The second-order valence-corrected chi connectivity index (χ2v) is 3.24. The number of nitrogens with two attached hydrogens (primary N) is 1. The molecule has 0 aliphatic heterocycles. The summed E-state index contributed by atoms with van der Waals surface area (Å²) in [5.74, 6) is 0. The Morgan fingerprint density at radius 3 is 1.79 bits per heavy atom. The second kappa shape index (κ2) is 5.55. The van der Waals surface area contributed by atoms with Gasteiger partial charge in [0.05, 0.1) is 6.61 Å². The summed E-state index contributed by atoms with van der Waals surface area (Å²) in [6, 6.07) is 7.14. The molecule has 0 heterocycles. The number of hydrogen-bond acceptors (Lipinski definition) is 4. The van der Waals surface area contributed by atoms with Gasteiger partial charge in [0.1, 0.15) is 0 Å². The molecule has 14 heavy (non-hydrogen) atoms. The van der Waals surface area contributed by atoms with Gasteiger partial charge in [-0.1, -0.05) is 12.1 Å². The van der Waals surface area contributed by atoms with Gasteiger partial charge in [0.2, 0.25) is 0 Å². The molecule has 80 valence electrons. The number of aliphatic hydroxyl groups is 1. The Hall–Kier alpha value is -1.15. The van der Waals surface area contributed by atoms with Crippen molar-refractivity contribution in [3.8, 4) is 0 Å². The molecule has 1 rings (SSSR count). The molecule has 0 saturated heterocycles. The van der Waals surface area contributed by atoms with Gasteiger partial charge in [0.15, 0.2) is 0 Å². The van der Waals surface area contributed by atoms with E-state index in [2.05, 4.69) is 0 Å². The molecule has 1 aromatic rings. The fraction of sp³-hybridized carbons (Fsp3) is 0.143. The number of rotatable bonds is 1. The Morgan fingerprint density at radius 2 is 1.50 bits per heavy atom. The Labute approximate surface area is 81.6 Å². The van der Waals surface area contributed by atoms with Crippen molar-refractivity contribution in [3.05, 3.63) is 29.8 Å². The highest BCUT2D eigenvalue weighted by atomic mass is 32.3. The zero-order valence-electron chi connectivity index (χ0n) is 7.16. The molecular weight excluding hydrogens is 210 g/mol. The first-order valence-electron chi connectivity index (χ1n) is 3.48. The van der Waals surface area contributed by atoms with Crippen LogP contribution in [0.4, 0.5) is 5.69 Å². The van der Waals surface area contributed by atoms with Crippen LogP contribution in [0.1, 0.15) is 5.56 Å². The molecule has 1 aromatic carbocycles. The second-order valence-electron chi connectivity index (χ2n) is 2.35.